The molecule has 1 saturated carbocycles. The van der Waals surface area contributed by atoms with Crippen molar-refractivity contribution < 1.29 is 0 Å². The van der Waals surface area contributed by atoms with Crippen molar-refractivity contribution in [2.24, 2.45) is 5.41 Å². The first kappa shape index (κ1) is 12.9. The highest BCUT2D eigenvalue weighted by molar-refractivity contribution is 5.93. The summed E-state index contributed by atoms with van der Waals surface area (Å²) in [5.74, 6) is 0. The molecular formula is C17H19N3. The molecular weight excluding hydrogens is 246 g/mol. The highest BCUT2D eigenvalue weighted by atomic mass is 14.9. The Morgan fingerprint density at radius 2 is 2.05 bits per heavy atom. The van der Waals surface area contributed by atoms with Crippen LogP contribution in [0.1, 0.15) is 38.2 Å². The molecule has 3 rings (SSSR count). The SMILES string of the molecule is CC1(CNc2c(C#N)cnc3ccccc23)CCCC1. The molecule has 1 heterocycles. The van der Waals surface area contributed by atoms with E-state index in [1.54, 1.807) is 6.20 Å². The minimum absolute atomic E-state index is 0.358. The summed E-state index contributed by atoms with van der Waals surface area (Å²) < 4.78 is 0. The quantitative estimate of drug-likeness (QED) is 0.909. The minimum atomic E-state index is 0.358. The molecule has 1 aromatic heterocycles. The van der Waals surface area contributed by atoms with E-state index in [9.17, 15) is 5.26 Å². The normalized spacial score (nSPS) is 17.0. The molecule has 1 aromatic carbocycles. The average molecular weight is 265 g/mol. The number of nitrogens with one attached hydrogen (secondary N) is 1. The van der Waals surface area contributed by atoms with Crippen LogP contribution in [0.25, 0.3) is 10.9 Å². The number of rotatable bonds is 3. The largest absolute Gasteiger partial charge is 0.383 e. The Labute approximate surface area is 119 Å². The topological polar surface area (TPSA) is 48.7 Å². The van der Waals surface area contributed by atoms with E-state index in [0.29, 0.717) is 11.0 Å². The molecule has 0 atom stereocenters. The lowest BCUT2D eigenvalue weighted by atomic mass is 9.88. The Balaban J connectivity index is 1.95. The number of pyridine rings is 1. The molecule has 0 saturated heterocycles. The van der Waals surface area contributed by atoms with Gasteiger partial charge in [0, 0.05) is 18.1 Å². The monoisotopic (exact) mass is 265 g/mol. The number of benzene rings is 1. The van der Waals surface area contributed by atoms with Gasteiger partial charge in [0.15, 0.2) is 0 Å². The maximum atomic E-state index is 9.30. The molecule has 0 spiro atoms. The molecule has 0 unspecified atom stereocenters. The molecule has 1 N–H and O–H groups in total. The average Bonchev–Trinajstić information content (AvgIpc) is 2.91. The van der Waals surface area contributed by atoms with Crippen LogP contribution in [0.4, 0.5) is 5.69 Å². The first-order valence-electron chi connectivity index (χ1n) is 7.24. The maximum Gasteiger partial charge on any atom is 0.103 e. The number of aromatic nitrogens is 1. The highest BCUT2D eigenvalue weighted by Crippen LogP contribution is 2.38. The van der Waals surface area contributed by atoms with Crippen LogP contribution < -0.4 is 5.32 Å². The molecule has 1 aliphatic rings. The Bertz CT molecular complexity index is 663. The summed E-state index contributed by atoms with van der Waals surface area (Å²) in [6.07, 6.45) is 6.85. The van der Waals surface area contributed by atoms with Crippen molar-refractivity contribution in [2.75, 3.05) is 11.9 Å². The zero-order valence-corrected chi connectivity index (χ0v) is 11.8. The number of hydrogen-bond acceptors (Lipinski definition) is 3. The van der Waals surface area contributed by atoms with Crippen LogP contribution in [-0.4, -0.2) is 11.5 Å². The standard InChI is InChI=1S/C17H19N3/c1-17(8-4-5-9-17)12-20-16-13(10-18)11-19-15-7-3-2-6-14(15)16/h2-3,6-7,11H,4-5,8-9,12H2,1H3,(H,19,20). The van der Waals surface area contributed by atoms with Gasteiger partial charge in [0.2, 0.25) is 0 Å². The molecule has 1 fully saturated rings. The van der Waals surface area contributed by atoms with Crippen molar-refractivity contribution in [3.63, 3.8) is 0 Å². The summed E-state index contributed by atoms with van der Waals surface area (Å²) in [4.78, 5) is 4.35. The summed E-state index contributed by atoms with van der Waals surface area (Å²) >= 11 is 0. The van der Waals surface area contributed by atoms with Gasteiger partial charge in [-0.1, -0.05) is 38.0 Å². The highest BCUT2D eigenvalue weighted by Gasteiger charge is 2.28. The van der Waals surface area contributed by atoms with E-state index in [0.717, 1.165) is 23.1 Å². The fourth-order valence-corrected chi connectivity index (χ4v) is 3.12. The Morgan fingerprint density at radius 3 is 2.80 bits per heavy atom. The molecule has 1 aliphatic carbocycles. The van der Waals surface area contributed by atoms with Crippen molar-refractivity contribution in [1.29, 1.82) is 5.26 Å². The fraction of sp³-hybridized carbons (Fsp3) is 0.412. The lowest BCUT2D eigenvalue weighted by Gasteiger charge is -2.25. The van der Waals surface area contributed by atoms with Crippen LogP contribution in [0, 0.1) is 16.7 Å². The minimum Gasteiger partial charge on any atom is -0.383 e. The van der Waals surface area contributed by atoms with Gasteiger partial charge in [-0.05, 0) is 24.3 Å². The first-order valence-corrected chi connectivity index (χ1v) is 7.24. The molecule has 0 amide bonds. The van der Waals surface area contributed by atoms with Gasteiger partial charge in [0.05, 0.1) is 16.8 Å². The van der Waals surface area contributed by atoms with Crippen LogP contribution in [0.5, 0.6) is 0 Å². The van der Waals surface area contributed by atoms with E-state index in [1.807, 2.05) is 24.3 Å². The zero-order chi connectivity index (χ0) is 14.0. The zero-order valence-electron chi connectivity index (χ0n) is 11.8. The van der Waals surface area contributed by atoms with E-state index >= 15 is 0 Å². The lowest BCUT2D eigenvalue weighted by Crippen LogP contribution is -2.23. The van der Waals surface area contributed by atoms with Crippen LogP contribution in [-0.2, 0) is 0 Å². The second-order valence-corrected chi connectivity index (χ2v) is 6.05. The summed E-state index contributed by atoms with van der Waals surface area (Å²) in [5.41, 5.74) is 2.86. The third-order valence-corrected chi connectivity index (χ3v) is 4.40. The summed E-state index contributed by atoms with van der Waals surface area (Å²) in [6, 6.07) is 10.2. The Kier molecular flexibility index (Phi) is 3.31. The molecule has 0 aliphatic heterocycles. The Morgan fingerprint density at radius 1 is 1.30 bits per heavy atom. The van der Waals surface area contributed by atoms with Crippen molar-refractivity contribution in [2.45, 2.75) is 32.6 Å². The lowest BCUT2D eigenvalue weighted by molar-refractivity contribution is 0.362. The van der Waals surface area contributed by atoms with E-state index < -0.39 is 0 Å². The molecule has 3 heteroatoms. The molecule has 3 nitrogen and oxygen atoms in total. The van der Waals surface area contributed by atoms with Crippen molar-refractivity contribution in [3.8, 4) is 6.07 Å². The van der Waals surface area contributed by atoms with Crippen LogP contribution >= 0.6 is 0 Å². The summed E-state index contributed by atoms with van der Waals surface area (Å²) in [6.45, 7) is 3.26. The number of anilines is 1. The van der Waals surface area contributed by atoms with Crippen LogP contribution in [0.15, 0.2) is 30.5 Å². The van der Waals surface area contributed by atoms with Gasteiger partial charge >= 0.3 is 0 Å². The van der Waals surface area contributed by atoms with E-state index in [-0.39, 0.29) is 0 Å². The third-order valence-electron chi connectivity index (χ3n) is 4.40. The van der Waals surface area contributed by atoms with Gasteiger partial charge in [-0.2, -0.15) is 5.26 Å². The van der Waals surface area contributed by atoms with Crippen molar-refractivity contribution in [3.05, 3.63) is 36.0 Å². The summed E-state index contributed by atoms with van der Waals surface area (Å²) in [7, 11) is 0. The van der Waals surface area contributed by atoms with Crippen molar-refractivity contribution in [1.82, 2.24) is 4.98 Å². The van der Waals surface area contributed by atoms with Crippen LogP contribution in [0.2, 0.25) is 0 Å². The number of fused-ring (bicyclic) bond motifs is 1. The van der Waals surface area contributed by atoms with Crippen molar-refractivity contribution >= 4 is 16.6 Å². The molecule has 2 aromatic rings. The smallest absolute Gasteiger partial charge is 0.103 e. The predicted molar refractivity (Wildman–Crippen MR) is 81.5 cm³/mol. The van der Waals surface area contributed by atoms with E-state index in [4.69, 9.17) is 0 Å². The van der Waals surface area contributed by atoms with Gasteiger partial charge < -0.3 is 5.32 Å². The predicted octanol–water partition coefficient (Wildman–Crippen LogP) is 4.10. The fourth-order valence-electron chi connectivity index (χ4n) is 3.12. The number of hydrogen-bond donors (Lipinski definition) is 1. The Hall–Kier alpha value is -2.08. The van der Waals surface area contributed by atoms with Gasteiger partial charge in [-0.15, -0.1) is 0 Å². The van der Waals surface area contributed by atoms with Gasteiger partial charge in [0.1, 0.15) is 6.07 Å². The third kappa shape index (κ3) is 2.34. The van der Waals surface area contributed by atoms with Gasteiger partial charge in [-0.3, -0.25) is 4.98 Å². The molecule has 0 bridgehead atoms. The maximum absolute atomic E-state index is 9.30. The second-order valence-electron chi connectivity index (χ2n) is 6.05. The molecule has 102 valence electrons. The second kappa shape index (κ2) is 5.13. The van der Waals surface area contributed by atoms with Crippen LogP contribution in [0.3, 0.4) is 0 Å². The van der Waals surface area contributed by atoms with E-state index in [1.165, 1.54) is 25.7 Å². The number of nitriles is 1. The van der Waals surface area contributed by atoms with Gasteiger partial charge in [-0.25, -0.2) is 0 Å². The molecule has 0 radical (unpaired) electrons. The van der Waals surface area contributed by atoms with Gasteiger partial charge in [0.25, 0.3) is 0 Å². The number of para-hydroxylation sites is 1. The molecule has 20 heavy (non-hydrogen) atoms. The van der Waals surface area contributed by atoms with E-state index in [2.05, 4.69) is 23.3 Å². The summed E-state index contributed by atoms with van der Waals surface area (Å²) in [5, 5.41) is 13.9. The first-order chi connectivity index (χ1) is 9.72. The number of nitrogens with zero attached hydrogens (tertiary/aromatic N) is 2.